The molecule has 0 N–H and O–H groups in total. The molecule has 0 aliphatic carbocycles. The summed E-state index contributed by atoms with van der Waals surface area (Å²) >= 11 is 0. The van der Waals surface area contributed by atoms with Crippen LogP contribution in [0, 0.1) is 0 Å². The molecule has 322 valence electrons. The molecule has 0 aliphatic heterocycles. The van der Waals surface area contributed by atoms with Crippen LogP contribution in [0.15, 0.2) is 0 Å². The van der Waals surface area contributed by atoms with E-state index in [2.05, 4.69) is 13.8 Å². The van der Waals surface area contributed by atoms with Crippen molar-refractivity contribution in [2.24, 2.45) is 0 Å². The molecule has 0 aliphatic rings. The van der Waals surface area contributed by atoms with Gasteiger partial charge < -0.3 is 27.9 Å². The summed E-state index contributed by atoms with van der Waals surface area (Å²) in [6.45, 7) is 4.23. The molecule has 0 fully saturated rings. The van der Waals surface area contributed by atoms with E-state index >= 15 is 0 Å². The van der Waals surface area contributed by atoms with Gasteiger partial charge in [-0.1, -0.05) is 194 Å². The predicted octanol–water partition coefficient (Wildman–Crippen LogP) is 12.2. The molecule has 10 heteroatoms. The standard InChI is InChI=1S/C44H88NO8P/c1-6-8-10-12-14-16-17-18-19-20-21-22-23-24-25-26-27-28-29-31-33-35-37-44(47)53-42(41-52-54(48,49)51-39-38-45(3,4)5)40-50-43(46)36-34-32-30-15-13-11-9-7-2/h42H,6-41H2,1-5H3/t42-/m1/s1. The largest absolute Gasteiger partial charge is 0.756 e. The number of carbonyl (C=O) groups excluding carboxylic acids is 2. The summed E-state index contributed by atoms with van der Waals surface area (Å²) in [6, 6.07) is 0. The van der Waals surface area contributed by atoms with Gasteiger partial charge in [0.25, 0.3) is 7.82 Å². The van der Waals surface area contributed by atoms with E-state index in [-0.39, 0.29) is 32.0 Å². The molecule has 0 heterocycles. The van der Waals surface area contributed by atoms with Crippen LogP contribution in [0.25, 0.3) is 0 Å². The van der Waals surface area contributed by atoms with E-state index in [1.165, 1.54) is 154 Å². The summed E-state index contributed by atoms with van der Waals surface area (Å²) in [5, 5.41) is 0. The predicted molar refractivity (Wildman–Crippen MR) is 222 cm³/mol. The molecule has 0 saturated carbocycles. The number of nitrogens with zero attached hydrogens (tertiary/aromatic N) is 1. The number of phosphoric ester groups is 1. The lowest BCUT2D eigenvalue weighted by Crippen LogP contribution is -2.37. The highest BCUT2D eigenvalue weighted by Gasteiger charge is 2.21. The van der Waals surface area contributed by atoms with Gasteiger partial charge in [-0.15, -0.1) is 0 Å². The second kappa shape index (κ2) is 37.6. The van der Waals surface area contributed by atoms with E-state index in [1.54, 1.807) is 0 Å². The molecule has 1 unspecified atom stereocenters. The van der Waals surface area contributed by atoms with Crippen LogP contribution in [0.4, 0.5) is 0 Å². The fourth-order valence-electron chi connectivity index (χ4n) is 6.54. The van der Waals surface area contributed by atoms with Gasteiger partial charge in [0.1, 0.15) is 19.8 Å². The van der Waals surface area contributed by atoms with Gasteiger partial charge in [-0.3, -0.25) is 14.2 Å². The van der Waals surface area contributed by atoms with Gasteiger partial charge in [0.05, 0.1) is 27.7 Å². The van der Waals surface area contributed by atoms with Crippen LogP contribution < -0.4 is 4.89 Å². The Hall–Kier alpha value is -0.990. The maximum Gasteiger partial charge on any atom is 0.306 e. The maximum atomic E-state index is 12.7. The highest BCUT2D eigenvalue weighted by molar-refractivity contribution is 7.45. The molecule has 0 aromatic heterocycles. The van der Waals surface area contributed by atoms with Crippen LogP contribution in [-0.2, 0) is 32.7 Å². The quantitative estimate of drug-likeness (QED) is 0.0260. The third-order valence-electron chi connectivity index (χ3n) is 10.1. The Bertz CT molecular complexity index is 896. The van der Waals surface area contributed by atoms with E-state index in [4.69, 9.17) is 18.5 Å². The van der Waals surface area contributed by atoms with Crippen molar-refractivity contribution in [2.75, 3.05) is 47.5 Å². The number of carbonyl (C=O) groups is 2. The zero-order valence-corrected chi connectivity index (χ0v) is 37.1. The summed E-state index contributed by atoms with van der Waals surface area (Å²) in [4.78, 5) is 37.4. The van der Waals surface area contributed by atoms with Crippen LogP contribution in [-0.4, -0.2) is 70.0 Å². The second-order valence-corrected chi connectivity index (χ2v) is 18.2. The minimum atomic E-state index is -4.61. The van der Waals surface area contributed by atoms with E-state index in [9.17, 15) is 19.0 Å². The average molecular weight is 790 g/mol. The van der Waals surface area contributed by atoms with Gasteiger partial charge >= 0.3 is 11.9 Å². The van der Waals surface area contributed by atoms with Crippen molar-refractivity contribution in [1.29, 1.82) is 0 Å². The number of hydrogen-bond donors (Lipinski definition) is 0. The zero-order valence-electron chi connectivity index (χ0n) is 36.2. The van der Waals surface area contributed by atoms with Crippen LogP contribution >= 0.6 is 7.82 Å². The van der Waals surface area contributed by atoms with E-state index < -0.39 is 26.5 Å². The Morgan fingerprint density at radius 1 is 0.500 bits per heavy atom. The normalized spacial score (nSPS) is 13.5. The van der Waals surface area contributed by atoms with Gasteiger partial charge in [0, 0.05) is 12.8 Å². The summed E-state index contributed by atoms with van der Waals surface area (Å²) in [7, 11) is 1.18. The van der Waals surface area contributed by atoms with Crippen molar-refractivity contribution in [3.05, 3.63) is 0 Å². The number of rotatable bonds is 42. The topological polar surface area (TPSA) is 111 Å². The fraction of sp³-hybridized carbons (Fsp3) is 0.955. The van der Waals surface area contributed by atoms with E-state index in [0.717, 1.165) is 32.1 Å². The molecular weight excluding hydrogens is 701 g/mol. The lowest BCUT2D eigenvalue weighted by atomic mass is 10.0. The number of likely N-dealkylation sites (N-methyl/N-ethyl adjacent to an activating group) is 1. The molecule has 9 nitrogen and oxygen atoms in total. The van der Waals surface area contributed by atoms with Crippen molar-refractivity contribution in [3.63, 3.8) is 0 Å². The van der Waals surface area contributed by atoms with Crippen molar-refractivity contribution in [3.8, 4) is 0 Å². The number of esters is 2. The van der Waals surface area contributed by atoms with E-state index in [0.29, 0.717) is 17.4 Å². The third-order valence-corrected chi connectivity index (χ3v) is 11.1. The molecule has 0 radical (unpaired) electrons. The number of hydrogen-bond acceptors (Lipinski definition) is 8. The van der Waals surface area contributed by atoms with Gasteiger partial charge in [0.15, 0.2) is 6.10 Å². The zero-order chi connectivity index (χ0) is 40.0. The van der Waals surface area contributed by atoms with Crippen molar-refractivity contribution >= 4 is 19.8 Å². The van der Waals surface area contributed by atoms with Crippen LogP contribution in [0.5, 0.6) is 0 Å². The molecule has 0 rings (SSSR count). The first-order valence-electron chi connectivity index (χ1n) is 22.7. The Balaban J connectivity index is 4.13. The average Bonchev–Trinajstić information content (AvgIpc) is 3.12. The summed E-state index contributed by atoms with van der Waals surface area (Å²) in [5.41, 5.74) is 0. The number of phosphoric acid groups is 1. The minimum absolute atomic E-state index is 0.0260. The SMILES string of the molecule is CCCCCCCCCCCCCCCCCCCCCCCCC(=O)O[C@H](COC(=O)CCCCCCCCCC)COP(=O)([O-])OCC[N+](C)(C)C. The van der Waals surface area contributed by atoms with Crippen molar-refractivity contribution in [2.45, 2.75) is 225 Å². The lowest BCUT2D eigenvalue weighted by Gasteiger charge is -2.28. The molecule has 0 bridgehead atoms. The molecular formula is C44H88NO8P. The summed E-state index contributed by atoms with van der Waals surface area (Å²) in [5.74, 6) is -0.825. The van der Waals surface area contributed by atoms with Gasteiger partial charge in [-0.2, -0.15) is 0 Å². The van der Waals surface area contributed by atoms with Gasteiger partial charge in [-0.25, -0.2) is 0 Å². The third kappa shape index (κ3) is 40.7. The summed E-state index contributed by atoms with van der Waals surface area (Å²) < 4.78 is 33.8. The highest BCUT2D eigenvalue weighted by Crippen LogP contribution is 2.38. The van der Waals surface area contributed by atoms with Crippen LogP contribution in [0.1, 0.15) is 219 Å². The molecule has 54 heavy (non-hydrogen) atoms. The number of ether oxygens (including phenoxy) is 2. The Morgan fingerprint density at radius 2 is 0.833 bits per heavy atom. The molecule has 0 spiro atoms. The Morgan fingerprint density at radius 3 is 1.19 bits per heavy atom. The lowest BCUT2D eigenvalue weighted by molar-refractivity contribution is -0.870. The fourth-order valence-corrected chi connectivity index (χ4v) is 7.27. The minimum Gasteiger partial charge on any atom is -0.756 e. The molecule has 2 atom stereocenters. The maximum absolute atomic E-state index is 12.7. The molecule has 0 saturated heterocycles. The summed E-state index contributed by atoms with van der Waals surface area (Å²) in [6.07, 6.45) is 37.2. The molecule has 0 aromatic carbocycles. The molecule has 0 amide bonds. The monoisotopic (exact) mass is 790 g/mol. The van der Waals surface area contributed by atoms with Crippen LogP contribution in [0.3, 0.4) is 0 Å². The first kappa shape index (κ1) is 53.0. The Kier molecular flexibility index (Phi) is 36.9. The van der Waals surface area contributed by atoms with Crippen molar-refractivity contribution < 1.29 is 42.1 Å². The number of quaternary nitrogens is 1. The van der Waals surface area contributed by atoms with Crippen molar-refractivity contribution in [1.82, 2.24) is 0 Å². The first-order chi connectivity index (χ1) is 26.0. The Labute approximate surface area is 334 Å². The van der Waals surface area contributed by atoms with Gasteiger partial charge in [0.2, 0.25) is 0 Å². The van der Waals surface area contributed by atoms with E-state index in [1.807, 2.05) is 21.1 Å². The van der Waals surface area contributed by atoms with Crippen LogP contribution in [0.2, 0.25) is 0 Å². The first-order valence-corrected chi connectivity index (χ1v) is 24.2. The second-order valence-electron chi connectivity index (χ2n) is 16.8. The smallest absolute Gasteiger partial charge is 0.306 e. The highest BCUT2D eigenvalue weighted by atomic mass is 31.2. The van der Waals surface area contributed by atoms with Gasteiger partial charge in [-0.05, 0) is 12.8 Å². The number of unbranched alkanes of at least 4 members (excludes halogenated alkanes) is 28. The molecule has 0 aromatic rings.